The fourth-order valence-corrected chi connectivity index (χ4v) is 1.35. The van der Waals surface area contributed by atoms with Gasteiger partial charge in [0, 0.05) is 11.6 Å². The summed E-state index contributed by atoms with van der Waals surface area (Å²) in [6.07, 6.45) is -4.76. The zero-order valence-corrected chi connectivity index (χ0v) is 9.12. The van der Waals surface area contributed by atoms with E-state index in [0.717, 1.165) is 12.1 Å². The molecule has 0 spiro atoms. The number of hydrogen-bond donors (Lipinski definition) is 1. The van der Waals surface area contributed by atoms with Crippen LogP contribution in [0.2, 0.25) is 5.02 Å². The molecule has 0 aliphatic rings. The van der Waals surface area contributed by atoms with Crippen molar-refractivity contribution in [2.45, 2.75) is 13.3 Å². The minimum atomic E-state index is -4.76. The van der Waals surface area contributed by atoms with Gasteiger partial charge in [0.25, 0.3) is 0 Å². The van der Waals surface area contributed by atoms with Crippen LogP contribution in [-0.2, 0) is 0 Å². The second-order valence-corrected chi connectivity index (χ2v) is 3.60. The molecular weight excluding hydrogens is 243 g/mol. The van der Waals surface area contributed by atoms with Crippen LogP contribution in [0.3, 0.4) is 0 Å². The summed E-state index contributed by atoms with van der Waals surface area (Å²) in [5.74, 6) is -0.412. The molecule has 0 unspecified atom stereocenters. The Morgan fingerprint density at radius 2 is 2.00 bits per heavy atom. The Morgan fingerprint density at radius 1 is 1.44 bits per heavy atom. The molecule has 1 aromatic carbocycles. The van der Waals surface area contributed by atoms with Crippen LogP contribution in [-0.4, -0.2) is 6.36 Å². The lowest BCUT2D eigenvalue weighted by atomic mass is 10.1. The molecule has 0 fully saturated rings. The summed E-state index contributed by atoms with van der Waals surface area (Å²) in [7, 11) is 0. The van der Waals surface area contributed by atoms with Crippen LogP contribution >= 0.6 is 11.6 Å². The maximum Gasteiger partial charge on any atom is 0.573 e. The normalized spacial score (nSPS) is 11.3. The molecule has 6 heteroatoms. The molecule has 88 valence electrons. The molecule has 0 aliphatic heterocycles. The highest BCUT2D eigenvalue weighted by atomic mass is 35.5. The molecule has 0 bridgehead atoms. The Kier molecular flexibility index (Phi) is 3.38. The zero-order valence-electron chi connectivity index (χ0n) is 8.36. The number of nitrogen functional groups attached to an aromatic ring is 1. The van der Waals surface area contributed by atoms with Gasteiger partial charge in [0.1, 0.15) is 5.75 Å². The molecular formula is C10H9ClF3NO. The predicted molar refractivity (Wildman–Crippen MR) is 57.3 cm³/mol. The van der Waals surface area contributed by atoms with E-state index in [9.17, 15) is 13.2 Å². The maximum atomic E-state index is 12.0. The van der Waals surface area contributed by atoms with Gasteiger partial charge in [-0.2, -0.15) is 0 Å². The Labute approximate surface area is 95.5 Å². The molecule has 0 heterocycles. The first kappa shape index (κ1) is 12.7. The zero-order chi connectivity index (χ0) is 12.5. The van der Waals surface area contributed by atoms with Crippen LogP contribution in [0, 0.1) is 0 Å². The molecule has 0 saturated carbocycles. The van der Waals surface area contributed by atoms with E-state index in [1.807, 2.05) is 0 Å². The number of benzene rings is 1. The lowest BCUT2D eigenvalue weighted by Crippen LogP contribution is -2.17. The van der Waals surface area contributed by atoms with Gasteiger partial charge in [-0.05, 0) is 18.6 Å². The predicted octanol–water partition coefficient (Wildman–Crippen LogP) is 3.85. The van der Waals surface area contributed by atoms with Crippen molar-refractivity contribution in [1.29, 1.82) is 0 Å². The SMILES string of the molecule is C=C(C)c1cc(OC(F)(F)F)cc(Cl)c1N. The fourth-order valence-electron chi connectivity index (χ4n) is 1.14. The van der Waals surface area contributed by atoms with E-state index in [2.05, 4.69) is 11.3 Å². The molecule has 16 heavy (non-hydrogen) atoms. The number of allylic oxidation sites excluding steroid dienone is 1. The molecule has 0 saturated heterocycles. The summed E-state index contributed by atoms with van der Waals surface area (Å²) < 4.78 is 39.7. The average molecular weight is 252 g/mol. The van der Waals surface area contributed by atoms with Gasteiger partial charge in [0.2, 0.25) is 0 Å². The third kappa shape index (κ3) is 3.06. The largest absolute Gasteiger partial charge is 0.573 e. The summed E-state index contributed by atoms with van der Waals surface area (Å²) in [5, 5.41) is -0.000231. The third-order valence-corrected chi connectivity index (χ3v) is 2.11. The van der Waals surface area contributed by atoms with Crippen molar-refractivity contribution in [3.8, 4) is 5.75 Å². The number of halogens is 4. The highest BCUT2D eigenvalue weighted by molar-refractivity contribution is 6.33. The van der Waals surface area contributed by atoms with Crippen LogP contribution in [0.15, 0.2) is 18.7 Å². The van der Waals surface area contributed by atoms with Crippen molar-refractivity contribution < 1.29 is 17.9 Å². The molecule has 2 nitrogen and oxygen atoms in total. The van der Waals surface area contributed by atoms with Gasteiger partial charge in [-0.15, -0.1) is 13.2 Å². The Morgan fingerprint density at radius 3 is 2.44 bits per heavy atom. The number of rotatable bonds is 2. The van der Waals surface area contributed by atoms with E-state index in [0.29, 0.717) is 11.1 Å². The van der Waals surface area contributed by atoms with Crippen molar-refractivity contribution in [2.24, 2.45) is 0 Å². The molecule has 0 radical (unpaired) electrons. The minimum Gasteiger partial charge on any atom is -0.406 e. The minimum absolute atomic E-state index is 0.000231. The van der Waals surface area contributed by atoms with Gasteiger partial charge >= 0.3 is 6.36 Å². The lowest BCUT2D eigenvalue weighted by Gasteiger charge is -2.13. The van der Waals surface area contributed by atoms with Crippen molar-refractivity contribution in [3.05, 3.63) is 29.3 Å². The number of anilines is 1. The van der Waals surface area contributed by atoms with Gasteiger partial charge < -0.3 is 10.5 Å². The van der Waals surface area contributed by atoms with Crippen LogP contribution in [0.25, 0.3) is 5.57 Å². The van der Waals surface area contributed by atoms with E-state index in [1.165, 1.54) is 0 Å². The number of nitrogens with two attached hydrogens (primary N) is 1. The topological polar surface area (TPSA) is 35.2 Å². The summed E-state index contributed by atoms with van der Waals surface area (Å²) in [5.41, 5.74) is 6.62. The van der Waals surface area contributed by atoms with Crippen LogP contribution in [0.4, 0.5) is 18.9 Å². The van der Waals surface area contributed by atoms with Crippen molar-refractivity contribution >= 4 is 22.9 Å². The molecule has 0 atom stereocenters. The van der Waals surface area contributed by atoms with E-state index >= 15 is 0 Å². The van der Waals surface area contributed by atoms with Gasteiger partial charge in [-0.1, -0.05) is 18.2 Å². The third-order valence-electron chi connectivity index (χ3n) is 1.80. The number of alkyl halides is 3. The second kappa shape index (κ2) is 4.25. The highest BCUT2D eigenvalue weighted by Crippen LogP contribution is 2.34. The van der Waals surface area contributed by atoms with E-state index in [-0.39, 0.29) is 10.7 Å². The fraction of sp³-hybridized carbons (Fsp3) is 0.200. The molecule has 0 amide bonds. The maximum absolute atomic E-state index is 12.0. The first-order valence-electron chi connectivity index (χ1n) is 4.21. The van der Waals surface area contributed by atoms with E-state index in [4.69, 9.17) is 17.3 Å². The molecule has 1 rings (SSSR count). The standard InChI is InChI=1S/C10H9ClF3NO/c1-5(2)7-3-6(16-10(12,13)14)4-8(11)9(7)15/h3-4H,1,15H2,2H3. The van der Waals surface area contributed by atoms with Gasteiger partial charge in [0.05, 0.1) is 10.7 Å². The number of ether oxygens (including phenoxy) is 1. The smallest absolute Gasteiger partial charge is 0.406 e. The van der Waals surface area contributed by atoms with E-state index in [1.54, 1.807) is 6.92 Å². The molecule has 0 aliphatic carbocycles. The first-order valence-corrected chi connectivity index (χ1v) is 4.59. The molecule has 1 aromatic rings. The monoisotopic (exact) mass is 251 g/mol. The lowest BCUT2D eigenvalue weighted by molar-refractivity contribution is -0.274. The Balaban J connectivity index is 3.19. The summed E-state index contributed by atoms with van der Waals surface area (Å²) in [6, 6.07) is 2.16. The second-order valence-electron chi connectivity index (χ2n) is 3.19. The summed E-state index contributed by atoms with van der Waals surface area (Å²) >= 11 is 5.68. The quantitative estimate of drug-likeness (QED) is 0.810. The van der Waals surface area contributed by atoms with Crippen LogP contribution in [0.5, 0.6) is 5.75 Å². The van der Waals surface area contributed by atoms with Crippen LogP contribution < -0.4 is 10.5 Å². The van der Waals surface area contributed by atoms with Gasteiger partial charge in [0.15, 0.2) is 0 Å². The van der Waals surface area contributed by atoms with Crippen LogP contribution in [0.1, 0.15) is 12.5 Å². The number of hydrogen-bond acceptors (Lipinski definition) is 2. The summed E-state index contributed by atoms with van der Waals surface area (Å²) in [6.45, 7) is 5.20. The van der Waals surface area contributed by atoms with Crippen molar-refractivity contribution in [3.63, 3.8) is 0 Å². The Bertz CT molecular complexity index is 429. The van der Waals surface area contributed by atoms with E-state index < -0.39 is 12.1 Å². The van der Waals surface area contributed by atoms with Gasteiger partial charge in [-0.3, -0.25) is 0 Å². The molecule has 0 aromatic heterocycles. The Hall–Kier alpha value is -1.36. The highest BCUT2D eigenvalue weighted by Gasteiger charge is 2.31. The molecule has 2 N–H and O–H groups in total. The van der Waals surface area contributed by atoms with Gasteiger partial charge in [-0.25, -0.2) is 0 Å². The first-order chi connectivity index (χ1) is 7.20. The average Bonchev–Trinajstić information content (AvgIpc) is 2.07. The van der Waals surface area contributed by atoms with Crippen molar-refractivity contribution in [1.82, 2.24) is 0 Å². The van der Waals surface area contributed by atoms with Crippen molar-refractivity contribution in [2.75, 3.05) is 5.73 Å². The summed E-state index contributed by atoms with van der Waals surface area (Å²) in [4.78, 5) is 0.